The second kappa shape index (κ2) is 22.7. The first kappa shape index (κ1) is 31.9. The number of nitrogens with one attached hydrogen (secondary N) is 2. The zero-order valence-electron chi connectivity index (χ0n) is 21.2. The standard InChI is InChI=1S/C26H48N2O6/c1-2-21-27-23(29)20-19-22(26(33)34)28-24(30)17-15-13-11-9-7-5-3-4-6-8-10-12-14-16-18-25(31)32/h22H,2-21H2,1H3,(H,27,29)(H,28,30)(H,31,32)(H,33,34)/t22-/m0/s1. The molecule has 0 aliphatic carbocycles. The molecule has 8 heteroatoms. The minimum atomic E-state index is -1.10. The first-order valence-electron chi connectivity index (χ1n) is 13.4. The smallest absolute Gasteiger partial charge is 0.326 e. The molecule has 8 nitrogen and oxygen atoms in total. The fourth-order valence-corrected chi connectivity index (χ4v) is 3.84. The Morgan fingerprint density at radius 2 is 1.06 bits per heavy atom. The van der Waals surface area contributed by atoms with E-state index in [0.717, 1.165) is 51.4 Å². The van der Waals surface area contributed by atoms with Gasteiger partial charge < -0.3 is 20.8 Å². The van der Waals surface area contributed by atoms with Crippen molar-refractivity contribution in [2.75, 3.05) is 6.54 Å². The number of hydrogen-bond acceptors (Lipinski definition) is 4. The molecule has 4 N–H and O–H groups in total. The van der Waals surface area contributed by atoms with Gasteiger partial charge in [0.05, 0.1) is 0 Å². The maximum atomic E-state index is 12.0. The Morgan fingerprint density at radius 1 is 0.618 bits per heavy atom. The SMILES string of the molecule is CCCNC(=O)CC[C@H](NC(=O)CCCCCCCCCCCCCCCCC(=O)O)C(=O)O. The number of unbranched alkanes of at least 4 members (excludes halogenated alkanes) is 13. The molecule has 0 unspecified atom stereocenters. The number of hydrogen-bond donors (Lipinski definition) is 4. The third kappa shape index (κ3) is 21.7. The molecule has 0 fully saturated rings. The average Bonchev–Trinajstić information content (AvgIpc) is 2.79. The topological polar surface area (TPSA) is 133 Å². The van der Waals surface area contributed by atoms with Gasteiger partial charge in [0.15, 0.2) is 0 Å². The Balaban J connectivity index is 3.55. The Bertz CT molecular complexity index is 567. The van der Waals surface area contributed by atoms with Gasteiger partial charge in [0.2, 0.25) is 11.8 Å². The minimum absolute atomic E-state index is 0.0891. The summed E-state index contributed by atoms with van der Waals surface area (Å²) in [5.74, 6) is -2.25. The highest BCUT2D eigenvalue weighted by Crippen LogP contribution is 2.14. The van der Waals surface area contributed by atoms with Crippen LogP contribution in [0.15, 0.2) is 0 Å². The van der Waals surface area contributed by atoms with E-state index in [2.05, 4.69) is 10.6 Å². The van der Waals surface area contributed by atoms with Gasteiger partial charge in [0.1, 0.15) is 6.04 Å². The van der Waals surface area contributed by atoms with E-state index in [1.807, 2.05) is 6.92 Å². The first-order valence-corrected chi connectivity index (χ1v) is 13.4. The van der Waals surface area contributed by atoms with E-state index in [0.29, 0.717) is 19.4 Å². The molecule has 0 spiro atoms. The number of carboxylic acids is 2. The van der Waals surface area contributed by atoms with Crippen LogP contribution in [0.25, 0.3) is 0 Å². The third-order valence-corrected chi connectivity index (χ3v) is 5.91. The summed E-state index contributed by atoms with van der Waals surface area (Å²) in [4.78, 5) is 45.4. The maximum absolute atomic E-state index is 12.0. The Morgan fingerprint density at radius 3 is 1.47 bits per heavy atom. The molecule has 0 aromatic rings. The lowest BCUT2D eigenvalue weighted by atomic mass is 10.0. The molecule has 1 atom stereocenters. The van der Waals surface area contributed by atoms with Gasteiger partial charge in [-0.25, -0.2) is 4.79 Å². The van der Waals surface area contributed by atoms with Crippen molar-refractivity contribution < 1.29 is 29.4 Å². The van der Waals surface area contributed by atoms with Crippen LogP contribution in [0.4, 0.5) is 0 Å². The van der Waals surface area contributed by atoms with Gasteiger partial charge in [-0.05, 0) is 25.7 Å². The quantitative estimate of drug-likeness (QED) is 0.139. The number of carboxylic acid groups (broad SMARTS) is 2. The third-order valence-electron chi connectivity index (χ3n) is 5.91. The highest BCUT2D eigenvalue weighted by atomic mass is 16.4. The maximum Gasteiger partial charge on any atom is 0.326 e. The number of amides is 2. The molecule has 0 saturated carbocycles. The zero-order chi connectivity index (χ0) is 25.4. The van der Waals surface area contributed by atoms with E-state index >= 15 is 0 Å². The van der Waals surface area contributed by atoms with Crippen LogP contribution in [0.1, 0.15) is 129 Å². The fraction of sp³-hybridized carbons (Fsp3) is 0.846. The molecular formula is C26H48N2O6. The summed E-state index contributed by atoms with van der Waals surface area (Å²) < 4.78 is 0. The molecule has 0 aromatic carbocycles. The normalized spacial score (nSPS) is 11.7. The Labute approximate surface area is 205 Å². The molecule has 198 valence electrons. The van der Waals surface area contributed by atoms with Crippen molar-refractivity contribution in [1.82, 2.24) is 10.6 Å². The van der Waals surface area contributed by atoms with Gasteiger partial charge in [0.25, 0.3) is 0 Å². The first-order chi connectivity index (χ1) is 16.4. The van der Waals surface area contributed by atoms with Crippen molar-refractivity contribution in [2.24, 2.45) is 0 Å². The molecule has 0 aliphatic heterocycles. The second-order valence-electron chi connectivity index (χ2n) is 9.19. The molecule has 0 radical (unpaired) electrons. The monoisotopic (exact) mass is 484 g/mol. The molecule has 0 saturated heterocycles. The lowest BCUT2D eigenvalue weighted by Gasteiger charge is -2.14. The fourth-order valence-electron chi connectivity index (χ4n) is 3.84. The van der Waals surface area contributed by atoms with Crippen LogP contribution in [0, 0.1) is 0 Å². The van der Waals surface area contributed by atoms with Gasteiger partial charge >= 0.3 is 11.9 Å². The second-order valence-corrected chi connectivity index (χ2v) is 9.19. The molecule has 0 aromatic heterocycles. The summed E-state index contributed by atoms with van der Waals surface area (Å²) >= 11 is 0. The van der Waals surface area contributed by atoms with Crippen molar-refractivity contribution in [3.63, 3.8) is 0 Å². The van der Waals surface area contributed by atoms with Crippen molar-refractivity contribution in [3.8, 4) is 0 Å². The molecule has 0 rings (SSSR count). The highest BCUT2D eigenvalue weighted by Gasteiger charge is 2.20. The highest BCUT2D eigenvalue weighted by molar-refractivity contribution is 5.84. The van der Waals surface area contributed by atoms with E-state index in [4.69, 9.17) is 5.11 Å². The Hall–Kier alpha value is -2.12. The van der Waals surface area contributed by atoms with Crippen molar-refractivity contribution >= 4 is 23.8 Å². The van der Waals surface area contributed by atoms with Crippen molar-refractivity contribution in [3.05, 3.63) is 0 Å². The average molecular weight is 485 g/mol. The van der Waals surface area contributed by atoms with E-state index in [1.54, 1.807) is 0 Å². The summed E-state index contributed by atoms with van der Waals surface area (Å²) in [5, 5.41) is 23.1. The van der Waals surface area contributed by atoms with E-state index in [-0.39, 0.29) is 24.7 Å². The van der Waals surface area contributed by atoms with Crippen molar-refractivity contribution in [2.45, 2.75) is 135 Å². The molecule has 0 heterocycles. The molecule has 2 amide bonds. The van der Waals surface area contributed by atoms with Crippen molar-refractivity contribution in [1.29, 1.82) is 0 Å². The molecule has 0 aliphatic rings. The van der Waals surface area contributed by atoms with Gasteiger partial charge in [0, 0.05) is 25.8 Å². The van der Waals surface area contributed by atoms with Gasteiger partial charge in [-0.3, -0.25) is 14.4 Å². The van der Waals surface area contributed by atoms with E-state index < -0.39 is 18.0 Å². The van der Waals surface area contributed by atoms with Crippen LogP contribution in [0.5, 0.6) is 0 Å². The van der Waals surface area contributed by atoms with Gasteiger partial charge in [-0.2, -0.15) is 0 Å². The van der Waals surface area contributed by atoms with Crippen LogP contribution in [0.3, 0.4) is 0 Å². The lowest BCUT2D eigenvalue weighted by molar-refractivity contribution is -0.142. The molecule has 34 heavy (non-hydrogen) atoms. The van der Waals surface area contributed by atoms with Crippen LogP contribution in [-0.4, -0.2) is 46.6 Å². The zero-order valence-corrected chi connectivity index (χ0v) is 21.2. The van der Waals surface area contributed by atoms with Gasteiger partial charge in [-0.1, -0.05) is 84.0 Å². The largest absolute Gasteiger partial charge is 0.481 e. The van der Waals surface area contributed by atoms with Crippen LogP contribution in [0.2, 0.25) is 0 Å². The number of rotatable bonds is 24. The predicted molar refractivity (Wildman–Crippen MR) is 134 cm³/mol. The van der Waals surface area contributed by atoms with Crippen LogP contribution in [-0.2, 0) is 19.2 Å². The number of aliphatic carboxylic acids is 2. The van der Waals surface area contributed by atoms with Crippen LogP contribution >= 0.6 is 0 Å². The van der Waals surface area contributed by atoms with E-state index in [9.17, 15) is 24.3 Å². The lowest BCUT2D eigenvalue weighted by Crippen LogP contribution is -2.41. The molecular weight excluding hydrogens is 436 g/mol. The van der Waals surface area contributed by atoms with Gasteiger partial charge in [-0.15, -0.1) is 0 Å². The predicted octanol–water partition coefficient (Wildman–Crippen LogP) is 5.19. The summed E-state index contributed by atoms with van der Waals surface area (Å²) in [6.45, 7) is 2.52. The number of carbonyl (C=O) groups is 4. The summed E-state index contributed by atoms with van der Waals surface area (Å²) in [5.41, 5.74) is 0. The van der Waals surface area contributed by atoms with Crippen LogP contribution < -0.4 is 10.6 Å². The minimum Gasteiger partial charge on any atom is -0.481 e. The summed E-state index contributed by atoms with van der Waals surface area (Å²) in [6, 6.07) is -1.02. The molecule has 0 bridgehead atoms. The number of carbonyl (C=O) groups excluding carboxylic acids is 2. The summed E-state index contributed by atoms with van der Waals surface area (Å²) in [7, 11) is 0. The Kier molecular flexibility index (Phi) is 21.2. The summed E-state index contributed by atoms with van der Waals surface area (Å²) in [6.07, 6.45) is 17.2. The van der Waals surface area contributed by atoms with E-state index in [1.165, 1.54) is 44.9 Å².